The third-order valence-electron chi connectivity index (χ3n) is 5.71. The SMILES string of the molecule is COC1=C(OC)C(=O)C(Cc2ccc(CCC(=O)Nc3ccc(C(C)=O)cc3)cc2)=C(C)C1=O. The van der Waals surface area contributed by atoms with Crippen molar-refractivity contribution < 1.29 is 28.7 Å². The van der Waals surface area contributed by atoms with Gasteiger partial charge in [0, 0.05) is 35.2 Å². The van der Waals surface area contributed by atoms with Gasteiger partial charge in [0.15, 0.2) is 5.78 Å². The molecule has 0 heterocycles. The molecule has 0 aliphatic heterocycles. The Morgan fingerprint density at radius 1 is 0.824 bits per heavy atom. The number of hydrogen-bond acceptors (Lipinski definition) is 6. The smallest absolute Gasteiger partial charge is 0.228 e. The lowest BCUT2D eigenvalue weighted by molar-refractivity contribution is -0.121. The maximum Gasteiger partial charge on any atom is 0.228 e. The van der Waals surface area contributed by atoms with Crippen LogP contribution in [0, 0.1) is 0 Å². The van der Waals surface area contributed by atoms with E-state index in [0.29, 0.717) is 35.2 Å². The van der Waals surface area contributed by atoms with Crippen LogP contribution in [0.1, 0.15) is 41.8 Å². The van der Waals surface area contributed by atoms with E-state index in [2.05, 4.69) is 5.32 Å². The first-order valence-electron chi connectivity index (χ1n) is 10.8. The molecule has 0 unspecified atom stereocenters. The third kappa shape index (κ3) is 5.49. The number of rotatable bonds is 9. The zero-order valence-electron chi connectivity index (χ0n) is 19.7. The van der Waals surface area contributed by atoms with Gasteiger partial charge in [-0.25, -0.2) is 0 Å². The second kappa shape index (κ2) is 10.7. The largest absolute Gasteiger partial charge is 0.489 e. The van der Waals surface area contributed by atoms with Crippen LogP contribution in [0.5, 0.6) is 0 Å². The fraction of sp³-hybridized carbons (Fsp3) is 0.259. The van der Waals surface area contributed by atoms with Crippen molar-refractivity contribution in [1.82, 2.24) is 0 Å². The minimum atomic E-state index is -0.354. The van der Waals surface area contributed by atoms with Gasteiger partial charge in [0.25, 0.3) is 0 Å². The standard InChI is InChI=1S/C27H27NO6/c1-16-22(25(32)27(34-4)26(33-3)24(16)31)15-19-7-5-18(6-8-19)9-14-23(30)28-21-12-10-20(11-13-21)17(2)29/h5-8,10-13H,9,14-15H2,1-4H3,(H,28,30). The Morgan fingerprint density at radius 2 is 1.38 bits per heavy atom. The fourth-order valence-electron chi connectivity index (χ4n) is 3.70. The summed E-state index contributed by atoms with van der Waals surface area (Å²) >= 11 is 0. The first kappa shape index (κ1) is 24.6. The number of amides is 1. The predicted octanol–water partition coefficient (Wildman–Crippen LogP) is 3.98. The summed E-state index contributed by atoms with van der Waals surface area (Å²) in [6, 6.07) is 14.3. The summed E-state index contributed by atoms with van der Waals surface area (Å²) in [5.74, 6) is -1.01. The highest BCUT2D eigenvalue weighted by Crippen LogP contribution is 2.28. The molecule has 1 amide bonds. The molecule has 1 N–H and O–H groups in total. The van der Waals surface area contributed by atoms with Crippen molar-refractivity contribution in [2.75, 3.05) is 19.5 Å². The van der Waals surface area contributed by atoms with Crippen LogP contribution in [0.3, 0.4) is 0 Å². The number of aryl methyl sites for hydroxylation is 1. The van der Waals surface area contributed by atoms with Gasteiger partial charge in [-0.2, -0.15) is 0 Å². The molecular weight excluding hydrogens is 434 g/mol. The van der Waals surface area contributed by atoms with Crippen LogP contribution < -0.4 is 5.32 Å². The van der Waals surface area contributed by atoms with E-state index in [-0.39, 0.29) is 41.2 Å². The first-order valence-corrected chi connectivity index (χ1v) is 10.8. The molecule has 0 bridgehead atoms. The van der Waals surface area contributed by atoms with E-state index in [0.717, 1.165) is 11.1 Å². The van der Waals surface area contributed by atoms with E-state index >= 15 is 0 Å². The highest BCUT2D eigenvalue weighted by Gasteiger charge is 2.34. The second-order valence-corrected chi connectivity index (χ2v) is 8.00. The monoisotopic (exact) mass is 461 g/mol. The van der Waals surface area contributed by atoms with Crippen molar-refractivity contribution in [2.24, 2.45) is 0 Å². The summed E-state index contributed by atoms with van der Waals surface area (Å²) in [5.41, 5.74) is 3.80. The Balaban J connectivity index is 1.59. The topological polar surface area (TPSA) is 98.8 Å². The molecule has 176 valence electrons. The number of methoxy groups -OCH3 is 2. The lowest BCUT2D eigenvalue weighted by Crippen LogP contribution is -2.26. The van der Waals surface area contributed by atoms with E-state index in [1.54, 1.807) is 31.2 Å². The van der Waals surface area contributed by atoms with Crippen LogP contribution in [-0.4, -0.2) is 37.5 Å². The predicted molar refractivity (Wildman–Crippen MR) is 127 cm³/mol. The molecule has 7 heteroatoms. The van der Waals surface area contributed by atoms with Gasteiger partial charge < -0.3 is 14.8 Å². The minimum absolute atomic E-state index is 0.0254. The van der Waals surface area contributed by atoms with Crippen molar-refractivity contribution in [2.45, 2.75) is 33.1 Å². The molecule has 2 aromatic carbocycles. The molecule has 0 atom stereocenters. The van der Waals surface area contributed by atoms with Crippen molar-refractivity contribution in [3.8, 4) is 0 Å². The molecule has 0 saturated heterocycles. The van der Waals surface area contributed by atoms with Crippen LogP contribution >= 0.6 is 0 Å². The van der Waals surface area contributed by atoms with Crippen LogP contribution in [0.25, 0.3) is 0 Å². The molecular formula is C27H27NO6. The van der Waals surface area contributed by atoms with Gasteiger partial charge in [-0.1, -0.05) is 24.3 Å². The van der Waals surface area contributed by atoms with E-state index in [1.807, 2.05) is 24.3 Å². The number of ketones is 3. The summed E-state index contributed by atoms with van der Waals surface area (Å²) in [5, 5.41) is 2.82. The van der Waals surface area contributed by atoms with Crippen molar-refractivity contribution >= 4 is 28.9 Å². The first-order chi connectivity index (χ1) is 16.2. The van der Waals surface area contributed by atoms with Crippen molar-refractivity contribution in [3.63, 3.8) is 0 Å². The number of allylic oxidation sites excluding steroid dienone is 2. The van der Waals surface area contributed by atoms with Crippen molar-refractivity contribution in [3.05, 3.63) is 87.9 Å². The normalized spacial score (nSPS) is 13.8. The van der Waals surface area contributed by atoms with Crippen LogP contribution in [-0.2, 0) is 36.7 Å². The van der Waals surface area contributed by atoms with Gasteiger partial charge in [0.2, 0.25) is 29.0 Å². The molecule has 3 rings (SSSR count). The molecule has 1 aliphatic rings. The van der Waals surface area contributed by atoms with Crippen LogP contribution in [0.15, 0.2) is 71.2 Å². The van der Waals surface area contributed by atoms with E-state index in [4.69, 9.17) is 9.47 Å². The fourth-order valence-corrected chi connectivity index (χ4v) is 3.70. The quantitative estimate of drug-likeness (QED) is 0.448. The molecule has 7 nitrogen and oxygen atoms in total. The number of ether oxygens (including phenoxy) is 2. The number of hydrogen-bond donors (Lipinski definition) is 1. The summed E-state index contributed by atoms with van der Waals surface area (Å²) < 4.78 is 10.2. The summed E-state index contributed by atoms with van der Waals surface area (Å²) in [6.45, 7) is 3.11. The highest BCUT2D eigenvalue weighted by atomic mass is 16.5. The van der Waals surface area contributed by atoms with Gasteiger partial charge >= 0.3 is 0 Å². The van der Waals surface area contributed by atoms with Crippen LogP contribution in [0.2, 0.25) is 0 Å². The van der Waals surface area contributed by atoms with Gasteiger partial charge in [0.05, 0.1) is 14.2 Å². The third-order valence-corrected chi connectivity index (χ3v) is 5.71. The molecule has 0 saturated carbocycles. The molecule has 1 aliphatic carbocycles. The maximum absolute atomic E-state index is 12.8. The zero-order valence-corrected chi connectivity index (χ0v) is 19.7. The Bertz CT molecular complexity index is 1190. The Kier molecular flexibility index (Phi) is 7.79. The molecule has 34 heavy (non-hydrogen) atoms. The number of carbonyl (C=O) groups is 4. The number of benzene rings is 2. The molecule has 2 aromatic rings. The zero-order chi connectivity index (χ0) is 24.8. The Morgan fingerprint density at radius 3 is 1.94 bits per heavy atom. The Hall–Kier alpha value is -4.00. The maximum atomic E-state index is 12.8. The summed E-state index contributed by atoms with van der Waals surface area (Å²) in [4.78, 5) is 48.9. The van der Waals surface area contributed by atoms with Gasteiger partial charge in [-0.05, 0) is 55.7 Å². The number of carbonyl (C=O) groups excluding carboxylic acids is 4. The van der Waals surface area contributed by atoms with Gasteiger partial charge in [-0.3, -0.25) is 19.2 Å². The molecule has 0 fully saturated rings. The summed E-state index contributed by atoms with van der Waals surface area (Å²) in [6.07, 6.45) is 1.13. The van der Waals surface area contributed by atoms with Gasteiger partial charge in [0.1, 0.15) is 0 Å². The average Bonchev–Trinajstić information content (AvgIpc) is 2.83. The van der Waals surface area contributed by atoms with Crippen LogP contribution in [0.4, 0.5) is 5.69 Å². The minimum Gasteiger partial charge on any atom is -0.489 e. The number of anilines is 1. The number of nitrogens with one attached hydrogen (secondary N) is 1. The molecule has 0 aromatic heterocycles. The van der Waals surface area contributed by atoms with Crippen molar-refractivity contribution in [1.29, 1.82) is 0 Å². The highest BCUT2D eigenvalue weighted by molar-refractivity contribution is 6.23. The number of Topliss-reactive ketones (excluding diaryl/α,β-unsaturated/α-hetero) is 3. The average molecular weight is 462 g/mol. The molecule has 0 radical (unpaired) electrons. The van der Waals surface area contributed by atoms with E-state index in [1.165, 1.54) is 21.1 Å². The lowest BCUT2D eigenvalue weighted by atomic mass is 9.88. The summed E-state index contributed by atoms with van der Waals surface area (Å²) in [7, 11) is 2.67. The van der Waals surface area contributed by atoms with E-state index in [9.17, 15) is 19.2 Å². The second-order valence-electron chi connectivity index (χ2n) is 8.00. The Labute approximate surface area is 198 Å². The molecule has 0 spiro atoms. The van der Waals surface area contributed by atoms with Gasteiger partial charge in [-0.15, -0.1) is 0 Å². The lowest BCUT2D eigenvalue weighted by Gasteiger charge is -2.20. The van der Waals surface area contributed by atoms with E-state index < -0.39 is 0 Å².